The third-order valence-electron chi connectivity index (χ3n) is 4.50. The standard InChI is InChI=1S/C16H24N2O2S/c19-21(20,18-15-7-3-4-10-17-12-15)16-9-8-13-5-1-2-6-14(13)11-16/h8-9,11,15,17-18H,1-7,10,12H2. The van der Waals surface area contributed by atoms with Crippen LogP contribution in [0, 0.1) is 0 Å². The van der Waals surface area contributed by atoms with Gasteiger partial charge in [-0.3, -0.25) is 0 Å². The molecule has 0 amide bonds. The molecule has 0 aromatic heterocycles. The van der Waals surface area contributed by atoms with Gasteiger partial charge in [0.15, 0.2) is 0 Å². The van der Waals surface area contributed by atoms with Crippen LogP contribution in [-0.4, -0.2) is 27.5 Å². The zero-order valence-corrected chi connectivity index (χ0v) is 13.2. The first-order valence-electron chi connectivity index (χ1n) is 8.00. The molecule has 1 unspecified atom stereocenters. The summed E-state index contributed by atoms with van der Waals surface area (Å²) in [4.78, 5) is 0.424. The molecule has 1 aromatic carbocycles. The minimum Gasteiger partial charge on any atom is -0.315 e. The molecule has 0 bridgehead atoms. The number of hydrogen-bond acceptors (Lipinski definition) is 3. The summed E-state index contributed by atoms with van der Waals surface area (Å²) in [5.74, 6) is 0. The molecular formula is C16H24N2O2S. The monoisotopic (exact) mass is 308 g/mol. The summed E-state index contributed by atoms with van der Waals surface area (Å²) in [6, 6.07) is 5.64. The summed E-state index contributed by atoms with van der Waals surface area (Å²) in [5, 5.41) is 3.29. The van der Waals surface area contributed by atoms with Crippen molar-refractivity contribution in [3.8, 4) is 0 Å². The Bertz CT molecular complexity index is 590. The van der Waals surface area contributed by atoms with Gasteiger partial charge >= 0.3 is 0 Å². The van der Waals surface area contributed by atoms with E-state index < -0.39 is 10.0 Å². The highest BCUT2D eigenvalue weighted by atomic mass is 32.2. The average molecular weight is 308 g/mol. The predicted molar refractivity (Wildman–Crippen MR) is 83.9 cm³/mol. The number of benzene rings is 1. The molecule has 1 aromatic rings. The van der Waals surface area contributed by atoms with E-state index >= 15 is 0 Å². The average Bonchev–Trinajstić information content (AvgIpc) is 2.75. The van der Waals surface area contributed by atoms with Crippen molar-refractivity contribution in [3.05, 3.63) is 29.3 Å². The lowest BCUT2D eigenvalue weighted by atomic mass is 9.92. The molecular weight excluding hydrogens is 284 g/mol. The molecule has 1 heterocycles. The van der Waals surface area contributed by atoms with Crippen LogP contribution in [0.1, 0.15) is 43.2 Å². The Morgan fingerprint density at radius 1 is 1.05 bits per heavy atom. The second-order valence-corrected chi connectivity index (χ2v) is 7.87. The van der Waals surface area contributed by atoms with Crippen LogP contribution >= 0.6 is 0 Å². The molecule has 116 valence electrons. The Hall–Kier alpha value is -0.910. The lowest BCUT2D eigenvalue weighted by Crippen LogP contribution is -2.40. The molecule has 1 atom stereocenters. The summed E-state index contributed by atoms with van der Waals surface area (Å²) in [7, 11) is -3.40. The predicted octanol–water partition coefficient (Wildman–Crippen LogP) is 1.99. The third-order valence-corrected chi connectivity index (χ3v) is 6.02. The van der Waals surface area contributed by atoms with E-state index in [1.165, 1.54) is 17.5 Å². The maximum absolute atomic E-state index is 12.6. The molecule has 2 N–H and O–H groups in total. The molecule has 4 nitrogen and oxygen atoms in total. The first-order valence-corrected chi connectivity index (χ1v) is 9.48. The maximum Gasteiger partial charge on any atom is 0.240 e. The molecule has 3 rings (SSSR count). The van der Waals surface area contributed by atoms with E-state index in [1.54, 1.807) is 6.07 Å². The normalized spacial score (nSPS) is 23.3. The van der Waals surface area contributed by atoms with Gasteiger partial charge in [-0.25, -0.2) is 13.1 Å². The smallest absolute Gasteiger partial charge is 0.240 e. The quantitative estimate of drug-likeness (QED) is 0.898. The number of nitrogens with one attached hydrogen (secondary N) is 2. The summed E-state index contributed by atoms with van der Waals surface area (Å²) < 4.78 is 28.0. The topological polar surface area (TPSA) is 58.2 Å². The van der Waals surface area contributed by atoms with E-state index in [2.05, 4.69) is 10.0 Å². The van der Waals surface area contributed by atoms with Crippen LogP contribution in [0.4, 0.5) is 0 Å². The second kappa shape index (κ2) is 6.46. The maximum atomic E-state index is 12.6. The van der Waals surface area contributed by atoms with Crippen molar-refractivity contribution in [1.29, 1.82) is 0 Å². The first kappa shape index (κ1) is 15.0. The Morgan fingerprint density at radius 2 is 1.86 bits per heavy atom. The molecule has 5 heteroatoms. The summed E-state index contributed by atoms with van der Waals surface area (Å²) >= 11 is 0. The highest BCUT2D eigenvalue weighted by Crippen LogP contribution is 2.24. The summed E-state index contributed by atoms with van der Waals surface area (Å²) in [5.41, 5.74) is 2.53. The van der Waals surface area contributed by atoms with Crippen LogP contribution in [0.25, 0.3) is 0 Å². The van der Waals surface area contributed by atoms with E-state index in [9.17, 15) is 8.42 Å². The molecule has 21 heavy (non-hydrogen) atoms. The van der Waals surface area contributed by atoms with Crippen molar-refractivity contribution in [3.63, 3.8) is 0 Å². The van der Waals surface area contributed by atoms with Crippen molar-refractivity contribution in [2.45, 2.75) is 55.9 Å². The van der Waals surface area contributed by atoms with Gasteiger partial charge in [0.25, 0.3) is 0 Å². The van der Waals surface area contributed by atoms with Crippen LogP contribution in [0.2, 0.25) is 0 Å². The number of rotatable bonds is 3. The molecule has 1 aliphatic carbocycles. The lowest BCUT2D eigenvalue weighted by molar-refractivity contribution is 0.521. The van der Waals surface area contributed by atoms with E-state index in [4.69, 9.17) is 0 Å². The fourth-order valence-electron chi connectivity index (χ4n) is 3.28. The number of sulfonamides is 1. The van der Waals surface area contributed by atoms with Crippen LogP contribution in [0.15, 0.2) is 23.1 Å². The van der Waals surface area contributed by atoms with E-state index in [-0.39, 0.29) is 6.04 Å². The minimum absolute atomic E-state index is 0.00790. The molecule has 1 saturated heterocycles. The van der Waals surface area contributed by atoms with Gasteiger partial charge in [0.2, 0.25) is 10.0 Å². The van der Waals surface area contributed by atoms with Gasteiger partial charge in [-0.05, 0) is 68.3 Å². The van der Waals surface area contributed by atoms with Gasteiger partial charge < -0.3 is 5.32 Å². The van der Waals surface area contributed by atoms with Gasteiger partial charge in [0.05, 0.1) is 4.90 Å². The molecule has 0 saturated carbocycles. The zero-order chi connectivity index (χ0) is 14.7. The highest BCUT2D eigenvalue weighted by Gasteiger charge is 2.22. The Labute approximate surface area is 127 Å². The second-order valence-electron chi connectivity index (χ2n) is 6.16. The van der Waals surface area contributed by atoms with E-state index in [1.807, 2.05) is 12.1 Å². The minimum atomic E-state index is -3.40. The first-order chi connectivity index (χ1) is 10.1. The van der Waals surface area contributed by atoms with E-state index in [0.717, 1.165) is 51.6 Å². The van der Waals surface area contributed by atoms with Crippen molar-refractivity contribution in [2.75, 3.05) is 13.1 Å². The number of fused-ring (bicyclic) bond motifs is 1. The zero-order valence-electron chi connectivity index (χ0n) is 12.4. The summed E-state index contributed by atoms with van der Waals surface area (Å²) in [6.07, 6.45) is 7.57. The summed E-state index contributed by atoms with van der Waals surface area (Å²) in [6.45, 7) is 1.71. The van der Waals surface area contributed by atoms with Crippen molar-refractivity contribution < 1.29 is 8.42 Å². The number of hydrogen-bond donors (Lipinski definition) is 2. The van der Waals surface area contributed by atoms with Gasteiger partial charge in [-0.2, -0.15) is 0 Å². The van der Waals surface area contributed by atoms with Gasteiger partial charge in [0.1, 0.15) is 0 Å². The lowest BCUT2D eigenvalue weighted by Gasteiger charge is -2.19. The largest absolute Gasteiger partial charge is 0.315 e. The van der Waals surface area contributed by atoms with Crippen LogP contribution < -0.4 is 10.0 Å². The Balaban J connectivity index is 1.77. The van der Waals surface area contributed by atoms with Crippen molar-refractivity contribution in [2.24, 2.45) is 0 Å². The third kappa shape index (κ3) is 3.65. The molecule has 0 radical (unpaired) electrons. The Kier molecular flexibility index (Phi) is 4.62. The van der Waals surface area contributed by atoms with Crippen LogP contribution in [0.3, 0.4) is 0 Å². The number of aryl methyl sites for hydroxylation is 2. The molecule has 1 fully saturated rings. The Morgan fingerprint density at radius 3 is 2.71 bits per heavy atom. The molecule has 0 spiro atoms. The van der Waals surface area contributed by atoms with Crippen molar-refractivity contribution >= 4 is 10.0 Å². The van der Waals surface area contributed by atoms with Gasteiger partial charge in [-0.1, -0.05) is 12.5 Å². The fourth-order valence-corrected chi connectivity index (χ4v) is 4.60. The van der Waals surface area contributed by atoms with Crippen LogP contribution in [-0.2, 0) is 22.9 Å². The van der Waals surface area contributed by atoms with Crippen molar-refractivity contribution in [1.82, 2.24) is 10.0 Å². The van der Waals surface area contributed by atoms with Gasteiger partial charge in [-0.15, -0.1) is 0 Å². The molecule has 2 aliphatic rings. The fraction of sp³-hybridized carbons (Fsp3) is 0.625. The SMILES string of the molecule is O=S(=O)(NC1CCCCNC1)c1ccc2c(c1)CCCC2. The highest BCUT2D eigenvalue weighted by molar-refractivity contribution is 7.89. The molecule has 1 aliphatic heterocycles. The van der Waals surface area contributed by atoms with Crippen LogP contribution in [0.5, 0.6) is 0 Å². The van der Waals surface area contributed by atoms with E-state index in [0.29, 0.717) is 4.90 Å². The van der Waals surface area contributed by atoms with Gasteiger partial charge in [0, 0.05) is 12.6 Å².